The number of nitrogens with one attached hydrogen (secondary N) is 3. The molecule has 0 aromatic carbocycles. The molecule has 120 valence electrons. The Kier molecular flexibility index (Phi) is 13.2. The van der Waals surface area contributed by atoms with E-state index in [1.54, 1.807) is 14.2 Å². The van der Waals surface area contributed by atoms with E-state index in [1.165, 1.54) is 0 Å². The van der Waals surface area contributed by atoms with Gasteiger partial charge in [-0.3, -0.25) is 9.79 Å². The molecule has 0 atom stereocenters. The van der Waals surface area contributed by atoms with Crippen molar-refractivity contribution in [1.82, 2.24) is 16.0 Å². The van der Waals surface area contributed by atoms with Gasteiger partial charge in [0.15, 0.2) is 5.96 Å². The number of methoxy groups -OCH3 is 1. The van der Waals surface area contributed by atoms with Gasteiger partial charge in [0, 0.05) is 40.4 Å². The molecule has 3 N–H and O–H groups in total. The number of carbonyl (C=O) groups excluding carboxylic acids is 1. The van der Waals surface area contributed by atoms with Gasteiger partial charge in [-0.1, -0.05) is 0 Å². The van der Waals surface area contributed by atoms with Crippen LogP contribution in [-0.4, -0.2) is 52.3 Å². The zero-order chi connectivity index (χ0) is 14.7. The van der Waals surface area contributed by atoms with Crippen molar-refractivity contribution in [3.63, 3.8) is 0 Å². The number of amides is 1. The van der Waals surface area contributed by atoms with E-state index in [9.17, 15) is 4.79 Å². The largest absolute Gasteiger partial charge is 0.385 e. The van der Waals surface area contributed by atoms with Crippen molar-refractivity contribution in [3.8, 4) is 0 Å². The molecule has 0 aromatic rings. The van der Waals surface area contributed by atoms with E-state index in [1.807, 2.05) is 20.8 Å². The first-order chi connectivity index (χ1) is 8.97. The molecule has 0 aliphatic rings. The van der Waals surface area contributed by atoms with E-state index in [-0.39, 0.29) is 29.9 Å². The van der Waals surface area contributed by atoms with Gasteiger partial charge in [-0.25, -0.2) is 0 Å². The van der Waals surface area contributed by atoms with E-state index in [0.717, 1.165) is 13.0 Å². The predicted molar refractivity (Wildman–Crippen MR) is 93.7 cm³/mol. The molecule has 0 radical (unpaired) electrons. The van der Waals surface area contributed by atoms with Crippen molar-refractivity contribution < 1.29 is 9.53 Å². The molecule has 0 heterocycles. The summed E-state index contributed by atoms with van der Waals surface area (Å²) >= 11 is 0. The van der Waals surface area contributed by atoms with Gasteiger partial charge in [0.1, 0.15) is 0 Å². The standard InChI is InChI=1S/C13H28N4O2.HI/c1-6-15-11(18)13(2,3)10-17-12(14-4)16-8-7-9-19-5;/h6-10H2,1-5H3,(H,15,18)(H2,14,16,17);1H. The molecule has 0 bridgehead atoms. The Morgan fingerprint density at radius 3 is 2.40 bits per heavy atom. The molecule has 0 aliphatic heterocycles. The number of ether oxygens (including phenoxy) is 1. The SMILES string of the molecule is CCNC(=O)C(C)(C)CNC(=NC)NCCCOC.I. The zero-order valence-electron chi connectivity index (χ0n) is 13.2. The summed E-state index contributed by atoms with van der Waals surface area (Å²) in [5.74, 6) is 0.741. The average molecular weight is 400 g/mol. The number of guanidine groups is 1. The van der Waals surface area contributed by atoms with Crippen LogP contribution < -0.4 is 16.0 Å². The maximum atomic E-state index is 11.8. The van der Waals surface area contributed by atoms with Gasteiger partial charge in [-0.2, -0.15) is 0 Å². The van der Waals surface area contributed by atoms with Crippen LogP contribution in [0.4, 0.5) is 0 Å². The van der Waals surface area contributed by atoms with Crippen LogP contribution in [0, 0.1) is 5.41 Å². The second-order valence-corrected chi connectivity index (χ2v) is 4.94. The normalized spacial score (nSPS) is 11.6. The number of hydrogen-bond donors (Lipinski definition) is 3. The number of nitrogens with zero attached hydrogens (tertiary/aromatic N) is 1. The Balaban J connectivity index is 0. The third-order valence-electron chi connectivity index (χ3n) is 2.69. The zero-order valence-corrected chi connectivity index (χ0v) is 15.5. The van der Waals surface area contributed by atoms with Crippen molar-refractivity contribution in [2.45, 2.75) is 27.2 Å². The summed E-state index contributed by atoms with van der Waals surface area (Å²) in [4.78, 5) is 16.0. The summed E-state index contributed by atoms with van der Waals surface area (Å²) in [6.07, 6.45) is 0.914. The lowest BCUT2D eigenvalue weighted by atomic mass is 9.92. The van der Waals surface area contributed by atoms with Crippen molar-refractivity contribution >= 4 is 35.8 Å². The fourth-order valence-electron chi connectivity index (χ4n) is 1.43. The van der Waals surface area contributed by atoms with Gasteiger partial charge < -0.3 is 20.7 Å². The van der Waals surface area contributed by atoms with Crippen LogP contribution >= 0.6 is 24.0 Å². The fraction of sp³-hybridized carbons (Fsp3) is 0.846. The topological polar surface area (TPSA) is 74.8 Å². The Morgan fingerprint density at radius 2 is 1.90 bits per heavy atom. The second-order valence-electron chi connectivity index (χ2n) is 4.94. The molecule has 7 heteroatoms. The van der Waals surface area contributed by atoms with Crippen LogP contribution in [0.3, 0.4) is 0 Å². The van der Waals surface area contributed by atoms with Crippen molar-refractivity contribution in [1.29, 1.82) is 0 Å². The Bertz CT molecular complexity index is 296. The van der Waals surface area contributed by atoms with E-state index in [2.05, 4.69) is 20.9 Å². The molecule has 0 rings (SSSR count). The van der Waals surface area contributed by atoms with E-state index < -0.39 is 5.41 Å². The van der Waals surface area contributed by atoms with Gasteiger partial charge in [0.2, 0.25) is 5.91 Å². The second kappa shape index (κ2) is 12.2. The molecule has 0 unspecified atom stereocenters. The van der Waals surface area contributed by atoms with Crippen LogP contribution in [0.2, 0.25) is 0 Å². The van der Waals surface area contributed by atoms with E-state index in [0.29, 0.717) is 25.7 Å². The van der Waals surface area contributed by atoms with Gasteiger partial charge in [-0.05, 0) is 27.2 Å². The molecular formula is C13H29IN4O2. The third-order valence-corrected chi connectivity index (χ3v) is 2.69. The summed E-state index contributed by atoms with van der Waals surface area (Å²) in [6, 6.07) is 0. The van der Waals surface area contributed by atoms with Crippen molar-refractivity contribution in [2.24, 2.45) is 10.4 Å². The third kappa shape index (κ3) is 9.35. The monoisotopic (exact) mass is 400 g/mol. The predicted octanol–water partition coefficient (Wildman–Crippen LogP) is 0.968. The first kappa shape index (κ1) is 21.7. The summed E-state index contributed by atoms with van der Waals surface area (Å²) in [6.45, 7) is 8.41. The molecule has 20 heavy (non-hydrogen) atoms. The smallest absolute Gasteiger partial charge is 0.227 e. The summed E-state index contributed by atoms with van der Waals surface area (Å²) < 4.78 is 4.98. The van der Waals surface area contributed by atoms with Gasteiger partial charge in [0.05, 0.1) is 5.41 Å². The summed E-state index contributed by atoms with van der Waals surface area (Å²) in [7, 11) is 3.40. The van der Waals surface area contributed by atoms with E-state index >= 15 is 0 Å². The first-order valence-electron chi connectivity index (χ1n) is 6.69. The minimum atomic E-state index is -0.472. The molecule has 0 spiro atoms. The number of aliphatic imine (C=N–C) groups is 1. The quantitative estimate of drug-likeness (QED) is 0.246. The Morgan fingerprint density at radius 1 is 1.25 bits per heavy atom. The van der Waals surface area contributed by atoms with Crippen molar-refractivity contribution in [2.75, 3.05) is 40.4 Å². The van der Waals surface area contributed by atoms with Crippen LogP contribution in [0.1, 0.15) is 27.2 Å². The molecule has 0 saturated carbocycles. The van der Waals surface area contributed by atoms with Crippen LogP contribution in [0.25, 0.3) is 0 Å². The first-order valence-corrected chi connectivity index (χ1v) is 6.69. The number of carbonyl (C=O) groups is 1. The van der Waals surface area contributed by atoms with Crippen LogP contribution in [0.15, 0.2) is 4.99 Å². The minimum absolute atomic E-state index is 0. The molecule has 0 aliphatic carbocycles. The molecule has 1 amide bonds. The number of halogens is 1. The van der Waals surface area contributed by atoms with Crippen LogP contribution in [-0.2, 0) is 9.53 Å². The number of hydrogen-bond acceptors (Lipinski definition) is 3. The average Bonchev–Trinajstić information content (AvgIpc) is 2.38. The highest BCUT2D eigenvalue weighted by Crippen LogP contribution is 2.13. The Hall–Kier alpha value is -0.570. The molecule has 0 aromatic heterocycles. The van der Waals surface area contributed by atoms with Gasteiger partial charge >= 0.3 is 0 Å². The highest BCUT2D eigenvalue weighted by atomic mass is 127. The molecule has 6 nitrogen and oxygen atoms in total. The molecule has 0 fully saturated rings. The minimum Gasteiger partial charge on any atom is -0.385 e. The fourth-order valence-corrected chi connectivity index (χ4v) is 1.43. The van der Waals surface area contributed by atoms with Gasteiger partial charge in [-0.15, -0.1) is 24.0 Å². The Labute approximate surface area is 139 Å². The molecule has 0 saturated heterocycles. The lowest BCUT2D eigenvalue weighted by molar-refractivity contribution is -0.128. The van der Waals surface area contributed by atoms with Gasteiger partial charge in [0.25, 0.3) is 0 Å². The summed E-state index contributed by atoms with van der Waals surface area (Å²) in [5, 5.41) is 9.17. The highest BCUT2D eigenvalue weighted by Gasteiger charge is 2.27. The molecular weight excluding hydrogens is 371 g/mol. The van der Waals surface area contributed by atoms with Crippen molar-refractivity contribution in [3.05, 3.63) is 0 Å². The lowest BCUT2D eigenvalue weighted by Gasteiger charge is -2.24. The maximum absolute atomic E-state index is 11.8. The number of rotatable bonds is 8. The highest BCUT2D eigenvalue weighted by molar-refractivity contribution is 14.0. The maximum Gasteiger partial charge on any atom is 0.227 e. The van der Waals surface area contributed by atoms with E-state index in [4.69, 9.17) is 4.74 Å². The summed E-state index contributed by atoms with van der Waals surface area (Å²) in [5.41, 5.74) is -0.472. The van der Waals surface area contributed by atoms with Crippen LogP contribution in [0.5, 0.6) is 0 Å². The lowest BCUT2D eigenvalue weighted by Crippen LogP contribution is -2.48.